The fourth-order valence-corrected chi connectivity index (χ4v) is 3.30. The lowest BCUT2D eigenvalue weighted by atomic mass is 10.1. The number of phenols is 1. The second-order valence-electron chi connectivity index (χ2n) is 7.48. The molecule has 2 rings (SSSR count). The number of carbonyl (C=O) groups excluding carboxylic acids is 3. The summed E-state index contributed by atoms with van der Waals surface area (Å²) in [4.78, 5) is 50.1. The number of nitrogens with two attached hydrogens (primary N) is 1. The van der Waals surface area contributed by atoms with E-state index in [4.69, 9.17) is 5.73 Å². The summed E-state index contributed by atoms with van der Waals surface area (Å²) >= 11 is 0. The van der Waals surface area contributed by atoms with Gasteiger partial charge in [-0.05, 0) is 44.4 Å². The number of hydrogen-bond acceptors (Lipinski definition) is 6. The number of aromatic hydroxyl groups is 1. The van der Waals surface area contributed by atoms with Crippen molar-refractivity contribution in [3.63, 3.8) is 0 Å². The highest BCUT2D eigenvalue weighted by atomic mass is 16.4. The minimum absolute atomic E-state index is 0.0152. The summed E-state index contributed by atoms with van der Waals surface area (Å²) in [6.07, 6.45) is 1.14. The number of benzene rings is 1. The van der Waals surface area contributed by atoms with E-state index in [-0.39, 0.29) is 18.1 Å². The Balaban J connectivity index is 1.96. The van der Waals surface area contributed by atoms with Gasteiger partial charge in [0.1, 0.15) is 23.9 Å². The molecule has 1 aromatic carbocycles. The Morgan fingerprint density at radius 1 is 1.17 bits per heavy atom. The number of rotatable bonds is 8. The molecule has 0 aromatic heterocycles. The number of carbonyl (C=O) groups is 4. The molecule has 164 valence electrons. The van der Waals surface area contributed by atoms with E-state index in [9.17, 15) is 29.4 Å². The van der Waals surface area contributed by atoms with Crippen LogP contribution in [-0.4, -0.2) is 69.5 Å². The quantitative estimate of drug-likeness (QED) is 0.373. The van der Waals surface area contributed by atoms with Gasteiger partial charge in [-0.2, -0.15) is 0 Å². The molecule has 1 saturated heterocycles. The van der Waals surface area contributed by atoms with Gasteiger partial charge in [-0.3, -0.25) is 14.4 Å². The van der Waals surface area contributed by atoms with Gasteiger partial charge < -0.3 is 31.5 Å². The van der Waals surface area contributed by atoms with Gasteiger partial charge in [0, 0.05) is 13.0 Å². The van der Waals surface area contributed by atoms with Crippen LogP contribution in [0, 0.1) is 0 Å². The van der Waals surface area contributed by atoms with Gasteiger partial charge in [0.25, 0.3) is 0 Å². The zero-order chi connectivity index (χ0) is 22.4. The molecule has 10 heteroatoms. The van der Waals surface area contributed by atoms with Crippen LogP contribution in [0.5, 0.6) is 5.75 Å². The van der Waals surface area contributed by atoms with Crippen LogP contribution in [0.1, 0.15) is 32.3 Å². The van der Waals surface area contributed by atoms with Crippen molar-refractivity contribution in [1.29, 1.82) is 0 Å². The summed E-state index contributed by atoms with van der Waals surface area (Å²) in [5.41, 5.74) is 6.24. The largest absolute Gasteiger partial charge is 0.508 e. The van der Waals surface area contributed by atoms with Crippen LogP contribution >= 0.6 is 0 Å². The lowest BCUT2D eigenvalue weighted by Crippen LogP contribution is -2.55. The van der Waals surface area contributed by atoms with Gasteiger partial charge in [0.2, 0.25) is 17.7 Å². The normalized spacial score (nSPS) is 18.9. The Bertz CT molecular complexity index is 795. The van der Waals surface area contributed by atoms with Gasteiger partial charge in [-0.1, -0.05) is 12.1 Å². The van der Waals surface area contributed by atoms with E-state index < -0.39 is 42.0 Å². The molecule has 0 spiro atoms. The summed E-state index contributed by atoms with van der Waals surface area (Å²) in [5, 5.41) is 23.7. The van der Waals surface area contributed by atoms with E-state index >= 15 is 0 Å². The first-order chi connectivity index (χ1) is 14.1. The van der Waals surface area contributed by atoms with Crippen molar-refractivity contribution in [2.75, 3.05) is 6.54 Å². The lowest BCUT2D eigenvalue weighted by molar-refractivity contribution is -0.142. The van der Waals surface area contributed by atoms with Gasteiger partial charge in [-0.15, -0.1) is 0 Å². The molecule has 0 saturated carbocycles. The van der Waals surface area contributed by atoms with Crippen molar-refractivity contribution in [3.8, 4) is 5.75 Å². The SMILES string of the molecule is CC(N)C(=O)N1CCCC1C(=O)NC(C)C(=O)NC(Cc1ccc(O)cc1)C(=O)O. The van der Waals surface area contributed by atoms with Crippen molar-refractivity contribution < 1.29 is 29.4 Å². The maximum atomic E-state index is 12.6. The number of nitrogens with one attached hydrogen (secondary N) is 2. The first kappa shape index (κ1) is 23.1. The number of phenolic OH excluding ortho intramolecular Hbond substituents is 1. The predicted molar refractivity (Wildman–Crippen MR) is 107 cm³/mol. The molecular weight excluding hydrogens is 392 g/mol. The third kappa shape index (κ3) is 5.93. The summed E-state index contributed by atoms with van der Waals surface area (Å²) < 4.78 is 0. The first-order valence-electron chi connectivity index (χ1n) is 9.77. The molecule has 1 aliphatic rings. The lowest BCUT2D eigenvalue weighted by Gasteiger charge is -2.27. The summed E-state index contributed by atoms with van der Waals surface area (Å²) in [5.74, 6) is -2.63. The average Bonchev–Trinajstić information content (AvgIpc) is 3.17. The highest BCUT2D eigenvalue weighted by Crippen LogP contribution is 2.18. The second-order valence-corrected chi connectivity index (χ2v) is 7.48. The van der Waals surface area contributed by atoms with Crippen molar-refractivity contribution in [1.82, 2.24) is 15.5 Å². The van der Waals surface area contributed by atoms with Crippen LogP contribution < -0.4 is 16.4 Å². The number of aliphatic carboxylic acids is 1. The molecule has 10 nitrogen and oxygen atoms in total. The molecule has 4 atom stereocenters. The first-order valence-corrected chi connectivity index (χ1v) is 9.77. The smallest absolute Gasteiger partial charge is 0.326 e. The molecule has 1 aliphatic heterocycles. The van der Waals surface area contributed by atoms with Gasteiger partial charge in [0.15, 0.2) is 0 Å². The van der Waals surface area contributed by atoms with Crippen LogP contribution in [0.4, 0.5) is 0 Å². The number of carboxylic acid groups (broad SMARTS) is 1. The number of amides is 3. The maximum absolute atomic E-state index is 12.6. The third-order valence-corrected chi connectivity index (χ3v) is 4.97. The Morgan fingerprint density at radius 2 is 1.80 bits per heavy atom. The fourth-order valence-electron chi connectivity index (χ4n) is 3.30. The number of hydrogen-bond donors (Lipinski definition) is 5. The highest BCUT2D eigenvalue weighted by molar-refractivity contribution is 5.94. The Morgan fingerprint density at radius 3 is 2.37 bits per heavy atom. The van der Waals surface area contributed by atoms with Crippen LogP contribution in [0.25, 0.3) is 0 Å². The zero-order valence-corrected chi connectivity index (χ0v) is 17.0. The summed E-state index contributed by atoms with van der Waals surface area (Å²) in [6.45, 7) is 3.41. The van der Waals surface area contributed by atoms with Crippen LogP contribution in [0.2, 0.25) is 0 Å². The minimum atomic E-state index is -1.22. The van der Waals surface area contributed by atoms with E-state index in [0.717, 1.165) is 0 Å². The molecule has 3 amide bonds. The Kier molecular flexibility index (Phi) is 7.76. The standard InChI is InChI=1S/C20H28N4O6/c1-11(21)19(28)24-9-3-4-16(24)18(27)22-12(2)17(26)23-15(20(29)30)10-13-5-7-14(25)8-6-13/h5-8,11-12,15-16,25H,3-4,9-10,21H2,1-2H3,(H,22,27)(H,23,26)(H,29,30). The summed E-state index contributed by atoms with van der Waals surface area (Å²) in [7, 11) is 0. The fraction of sp³-hybridized carbons (Fsp3) is 0.500. The van der Waals surface area contributed by atoms with Crippen LogP contribution in [0.3, 0.4) is 0 Å². The number of nitrogens with zero attached hydrogens (tertiary/aromatic N) is 1. The predicted octanol–water partition coefficient (Wildman–Crippen LogP) is -0.653. The number of carboxylic acids is 1. The van der Waals surface area contributed by atoms with Crippen molar-refractivity contribution in [2.45, 2.75) is 57.3 Å². The van der Waals surface area contributed by atoms with Gasteiger partial charge in [-0.25, -0.2) is 4.79 Å². The molecule has 6 N–H and O–H groups in total. The van der Waals surface area contributed by atoms with E-state index in [1.807, 2.05) is 0 Å². The van der Waals surface area contributed by atoms with Crippen LogP contribution in [0.15, 0.2) is 24.3 Å². The van der Waals surface area contributed by atoms with E-state index in [2.05, 4.69) is 10.6 Å². The number of likely N-dealkylation sites (tertiary alicyclic amines) is 1. The summed E-state index contributed by atoms with van der Waals surface area (Å²) in [6, 6.07) is 2.35. The third-order valence-electron chi connectivity index (χ3n) is 4.97. The van der Waals surface area contributed by atoms with Gasteiger partial charge in [0.05, 0.1) is 6.04 Å². The molecule has 1 aromatic rings. The molecule has 1 heterocycles. The second kappa shape index (κ2) is 10.1. The molecule has 0 radical (unpaired) electrons. The molecule has 0 aliphatic carbocycles. The minimum Gasteiger partial charge on any atom is -0.508 e. The Labute approximate surface area is 174 Å². The van der Waals surface area contributed by atoms with Crippen molar-refractivity contribution >= 4 is 23.7 Å². The van der Waals surface area contributed by atoms with Crippen molar-refractivity contribution in [2.24, 2.45) is 5.73 Å². The van der Waals surface area contributed by atoms with E-state index in [1.54, 1.807) is 19.1 Å². The van der Waals surface area contributed by atoms with Crippen LogP contribution in [-0.2, 0) is 25.6 Å². The van der Waals surface area contributed by atoms with Gasteiger partial charge >= 0.3 is 5.97 Å². The van der Waals surface area contributed by atoms with E-state index in [0.29, 0.717) is 24.9 Å². The zero-order valence-electron chi connectivity index (χ0n) is 17.0. The topological polar surface area (TPSA) is 162 Å². The average molecular weight is 420 g/mol. The van der Waals surface area contributed by atoms with Crippen molar-refractivity contribution in [3.05, 3.63) is 29.8 Å². The molecule has 30 heavy (non-hydrogen) atoms. The highest BCUT2D eigenvalue weighted by Gasteiger charge is 2.36. The molecular formula is C20H28N4O6. The molecule has 4 unspecified atom stereocenters. The Hall–Kier alpha value is -3.14. The molecule has 1 fully saturated rings. The maximum Gasteiger partial charge on any atom is 0.326 e. The molecule has 0 bridgehead atoms. The monoisotopic (exact) mass is 420 g/mol. The van der Waals surface area contributed by atoms with E-state index in [1.165, 1.54) is 24.0 Å².